The number of pyridine rings is 1. The van der Waals surface area contributed by atoms with Crippen LogP contribution in [0.1, 0.15) is 11.1 Å². The minimum Gasteiger partial charge on any atom is -0.463 e. The lowest BCUT2D eigenvalue weighted by Gasteiger charge is -2.03. The Morgan fingerprint density at radius 2 is 2.08 bits per heavy atom. The van der Waals surface area contributed by atoms with E-state index < -0.39 is 0 Å². The van der Waals surface area contributed by atoms with Gasteiger partial charge in [-0.15, -0.1) is 0 Å². The highest BCUT2D eigenvalue weighted by atomic mass is 16.7. The van der Waals surface area contributed by atoms with E-state index in [2.05, 4.69) is 10.3 Å². The van der Waals surface area contributed by atoms with Gasteiger partial charge in [0, 0.05) is 18.8 Å². The van der Waals surface area contributed by atoms with Crippen molar-refractivity contribution in [1.29, 1.82) is 0 Å². The van der Waals surface area contributed by atoms with Gasteiger partial charge in [-0.25, -0.2) is 0 Å². The molecule has 0 bridgehead atoms. The third-order valence-corrected chi connectivity index (χ3v) is 3.89. The summed E-state index contributed by atoms with van der Waals surface area (Å²) in [4.78, 5) is 16.3. The molecule has 0 saturated carbocycles. The third-order valence-electron chi connectivity index (χ3n) is 3.89. The van der Waals surface area contributed by atoms with Gasteiger partial charge in [-0.2, -0.15) is 0 Å². The van der Waals surface area contributed by atoms with Crippen LogP contribution in [0.5, 0.6) is 11.5 Å². The minimum atomic E-state index is -0.183. The lowest BCUT2D eigenvalue weighted by molar-refractivity contribution is -0.116. The Kier molecular flexibility index (Phi) is 4.38. The molecule has 1 aliphatic heterocycles. The second-order valence-electron chi connectivity index (χ2n) is 5.69. The highest BCUT2D eigenvalue weighted by Gasteiger charge is 2.12. The van der Waals surface area contributed by atoms with Crippen LogP contribution in [0, 0.1) is 0 Å². The zero-order chi connectivity index (χ0) is 17.8. The van der Waals surface area contributed by atoms with Crippen molar-refractivity contribution in [1.82, 2.24) is 10.3 Å². The average Bonchev–Trinajstić information content (AvgIpc) is 3.36. The standard InChI is InChI=1S/C20H16N2O4/c23-20(8-5-14-4-7-18-19(10-14)26-13-25-18)22-12-15-3-6-16(21-11-15)17-2-1-9-24-17/h1-11H,12-13H2,(H,22,23)/b8-5+. The molecule has 1 aromatic carbocycles. The first-order valence-corrected chi connectivity index (χ1v) is 8.12. The zero-order valence-corrected chi connectivity index (χ0v) is 13.8. The van der Waals surface area contributed by atoms with E-state index in [1.807, 2.05) is 42.5 Å². The zero-order valence-electron chi connectivity index (χ0n) is 13.8. The summed E-state index contributed by atoms with van der Waals surface area (Å²) in [7, 11) is 0. The highest BCUT2D eigenvalue weighted by molar-refractivity contribution is 5.91. The molecule has 0 saturated heterocycles. The maximum Gasteiger partial charge on any atom is 0.244 e. The quantitative estimate of drug-likeness (QED) is 0.716. The third kappa shape index (κ3) is 3.59. The second kappa shape index (κ2) is 7.14. The Morgan fingerprint density at radius 1 is 1.15 bits per heavy atom. The van der Waals surface area contributed by atoms with E-state index in [0.717, 1.165) is 22.6 Å². The van der Waals surface area contributed by atoms with Gasteiger partial charge in [-0.1, -0.05) is 12.1 Å². The van der Waals surface area contributed by atoms with Gasteiger partial charge in [0.05, 0.1) is 6.26 Å². The topological polar surface area (TPSA) is 73.6 Å². The Bertz CT molecular complexity index is 931. The predicted octanol–water partition coefficient (Wildman–Crippen LogP) is 3.40. The molecule has 1 N–H and O–H groups in total. The van der Waals surface area contributed by atoms with Crippen molar-refractivity contribution in [2.45, 2.75) is 6.54 Å². The number of hydrogen-bond donors (Lipinski definition) is 1. The SMILES string of the molecule is O=C(/C=C/c1ccc2c(c1)OCO2)NCc1ccc(-c2ccco2)nc1. The molecular weight excluding hydrogens is 332 g/mol. The van der Waals surface area contributed by atoms with E-state index in [1.54, 1.807) is 18.5 Å². The molecule has 3 heterocycles. The number of hydrogen-bond acceptors (Lipinski definition) is 5. The fourth-order valence-electron chi connectivity index (χ4n) is 2.54. The number of aromatic nitrogens is 1. The summed E-state index contributed by atoms with van der Waals surface area (Å²) >= 11 is 0. The van der Waals surface area contributed by atoms with Crippen LogP contribution in [0.3, 0.4) is 0 Å². The number of nitrogens with one attached hydrogen (secondary N) is 1. The molecule has 4 rings (SSSR count). The van der Waals surface area contributed by atoms with Crippen LogP contribution >= 0.6 is 0 Å². The number of furan rings is 1. The maximum absolute atomic E-state index is 12.0. The maximum atomic E-state index is 12.0. The number of benzene rings is 1. The molecule has 1 aliphatic rings. The summed E-state index contributed by atoms with van der Waals surface area (Å²) in [6.07, 6.45) is 6.55. The predicted molar refractivity (Wildman–Crippen MR) is 95.4 cm³/mol. The van der Waals surface area contributed by atoms with Crippen LogP contribution < -0.4 is 14.8 Å². The van der Waals surface area contributed by atoms with Crippen molar-refractivity contribution in [3.63, 3.8) is 0 Å². The minimum absolute atomic E-state index is 0.183. The van der Waals surface area contributed by atoms with Crippen molar-refractivity contribution in [3.8, 4) is 23.0 Å². The van der Waals surface area contributed by atoms with Crippen LogP contribution in [-0.4, -0.2) is 17.7 Å². The number of nitrogens with zero attached hydrogens (tertiary/aromatic N) is 1. The summed E-state index contributed by atoms with van der Waals surface area (Å²) in [6.45, 7) is 0.630. The van der Waals surface area contributed by atoms with E-state index in [0.29, 0.717) is 18.1 Å². The molecule has 6 heteroatoms. The average molecular weight is 348 g/mol. The van der Waals surface area contributed by atoms with Crippen LogP contribution in [0.25, 0.3) is 17.5 Å². The van der Waals surface area contributed by atoms with Gasteiger partial charge in [-0.3, -0.25) is 9.78 Å². The molecule has 6 nitrogen and oxygen atoms in total. The lowest BCUT2D eigenvalue weighted by Crippen LogP contribution is -2.20. The van der Waals surface area contributed by atoms with Gasteiger partial charge in [0.25, 0.3) is 0 Å². The molecule has 1 amide bonds. The first-order valence-electron chi connectivity index (χ1n) is 8.12. The number of carbonyl (C=O) groups is 1. The molecule has 0 atom stereocenters. The van der Waals surface area contributed by atoms with Gasteiger partial charge in [-0.05, 0) is 47.5 Å². The van der Waals surface area contributed by atoms with Gasteiger partial charge < -0.3 is 19.2 Å². The van der Waals surface area contributed by atoms with Gasteiger partial charge in [0.15, 0.2) is 17.3 Å². The Morgan fingerprint density at radius 3 is 2.88 bits per heavy atom. The lowest BCUT2D eigenvalue weighted by atomic mass is 10.2. The smallest absolute Gasteiger partial charge is 0.244 e. The van der Waals surface area contributed by atoms with E-state index in [4.69, 9.17) is 13.9 Å². The molecule has 0 radical (unpaired) electrons. The molecular formula is C20H16N2O4. The van der Waals surface area contributed by atoms with Gasteiger partial charge in [0.1, 0.15) is 5.69 Å². The molecule has 0 aliphatic carbocycles. The number of fused-ring (bicyclic) bond motifs is 1. The summed E-state index contributed by atoms with van der Waals surface area (Å²) in [6, 6.07) is 13.0. The van der Waals surface area contributed by atoms with Crippen molar-refractivity contribution in [3.05, 3.63) is 72.1 Å². The van der Waals surface area contributed by atoms with Gasteiger partial charge in [0.2, 0.25) is 12.7 Å². The molecule has 26 heavy (non-hydrogen) atoms. The van der Waals surface area contributed by atoms with Crippen molar-refractivity contribution in [2.75, 3.05) is 6.79 Å². The first-order chi connectivity index (χ1) is 12.8. The Hall–Kier alpha value is -3.54. The summed E-state index contributed by atoms with van der Waals surface area (Å²) in [5, 5.41) is 2.83. The molecule has 2 aromatic heterocycles. The number of rotatable bonds is 5. The summed E-state index contributed by atoms with van der Waals surface area (Å²) in [5.74, 6) is 1.94. The monoisotopic (exact) mass is 348 g/mol. The van der Waals surface area contributed by atoms with E-state index in [-0.39, 0.29) is 12.7 Å². The van der Waals surface area contributed by atoms with Gasteiger partial charge >= 0.3 is 0 Å². The fourth-order valence-corrected chi connectivity index (χ4v) is 2.54. The molecule has 130 valence electrons. The fraction of sp³-hybridized carbons (Fsp3) is 0.100. The van der Waals surface area contributed by atoms with Crippen molar-refractivity contribution >= 4 is 12.0 Å². The molecule has 0 fully saturated rings. The van der Waals surface area contributed by atoms with E-state index in [9.17, 15) is 4.79 Å². The van der Waals surface area contributed by atoms with Crippen molar-refractivity contribution in [2.24, 2.45) is 0 Å². The number of carbonyl (C=O) groups excluding carboxylic acids is 1. The normalized spacial score (nSPS) is 12.5. The molecule has 3 aromatic rings. The highest BCUT2D eigenvalue weighted by Crippen LogP contribution is 2.32. The summed E-state index contributed by atoms with van der Waals surface area (Å²) in [5.41, 5.74) is 2.53. The summed E-state index contributed by atoms with van der Waals surface area (Å²) < 4.78 is 15.9. The number of amides is 1. The van der Waals surface area contributed by atoms with Crippen molar-refractivity contribution < 1.29 is 18.7 Å². The largest absolute Gasteiger partial charge is 0.463 e. The van der Waals surface area contributed by atoms with Crippen LogP contribution in [0.2, 0.25) is 0 Å². The number of ether oxygens (including phenoxy) is 2. The van der Waals surface area contributed by atoms with Crippen LogP contribution in [0.15, 0.2) is 65.4 Å². The first kappa shape index (κ1) is 16.0. The molecule has 0 unspecified atom stereocenters. The Labute approximate surface area is 150 Å². The van der Waals surface area contributed by atoms with Crippen LogP contribution in [-0.2, 0) is 11.3 Å². The van der Waals surface area contributed by atoms with Crippen LogP contribution in [0.4, 0.5) is 0 Å². The van der Waals surface area contributed by atoms with E-state index >= 15 is 0 Å². The Balaban J connectivity index is 1.32. The molecule has 0 spiro atoms. The van der Waals surface area contributed by atoms with E-state index in [1.165, 1.54) is 6.08 Å². The second-order valence-corrected chi connectivity index (χ2v) is 5.69.